The molecule has 2 aromatic carbocycles. The minimum atomic E-state index is -1.66. The molecule has 2 aromatic rings. The van der Waals surface area contributed by atoms with Gasteiger partial charge in [-0.2, -0.15) is 0 Å². The van der Waals surface area contributed by atoms with E-state index in [0.717, 1.165) is 0 Å². The summed E-state index contributed by atoms with van der Waals surface area (Å²) < 4.78 is 5.59. The number of fused-ring (bicyclic) bond motifs is 3. The van der Waals surface area contributed by atoms with E-state index >= 15 is 0 Å². The third kappa shape index (κ3) is 2.32. The van der Waals surface area contributed by atoms with Crippen LogP contribution in [0, 0.1) is 0 Å². The Kier molecular flexibility index (Phi) is 3.45. The Morgan fingerprint density at radius 1 is 0.952 bits per heavy atom. The highest BCUT2D eigenvalue weighted by atomic mass is 28.3. The smallest absolute Gasteiger partial charge is 0.293 e. The molecular formula is C18H20O2Si. The average Bonchev–Trinajstić information content (AvgIpc) is 2.78. The van der Waals surface area contributed by atoms with Gasteiger partial charge in [0.25, 0.3) is 6.47 Å². The SMILES string of the molecule is C[Si](C)(C)C(OC=O)C1c2ccccc2-c2ccccc21. The van der Waals surface area contributed by atoms with Gasteiger partial charge in [-0.3, -0.25) is 4.79 Å². The molecule has 0 bridgehead atoms. The molecule has 0 spiro atoms. The number of ether oxygens (including phenoxy) is 1. The van der Waals surface area contributed by atoms with Gasteiger partial charge in [-0.1, -0.05) is 68.2 Å². The number of hydrogen-bond donors (Lipinski definition) is 0. The number of benzene rings is 2. The van der Waals surface area contributed by atoms with Crippen LogP contribution in [-0.2, 0) is 9.53 Å². The molecule has 2 nitrogen and oxygen atoms in total. The molecule has 0 amide bonds. The van der Waals surface area contributed by atoms with Gasteiger partial charge in [-0.15, -0.1) is 0 Å². The molecule has 21 heavy (non-hydrogen) atoms. The van der Waals surface area contributed by atoms with Crippen molar-refractivity contribution in [2.24, 2.45) is 0 Å². The summed E-state index contributed by atoms with van der Waals surface area (Å²) in [7, 11) is -1.66. The second kappa shape index (κ2) is 5.15. The lowest BCUT2D eigenvalue weighted by atomic mass is 9.97. The quantitative estimate of drug-likeness (QED) is 0.624. The fourth-order valence-corrected chi connectivity index (χ4v) is 5.19. The lowest BCUT2D eigenvalue weighted by Gasteiger charge is -2.33. The molecule has 1 unspecified atom stereocenters. The highest BCUT2D eigenvalue weighted by molar-refractivity contribution is 6.77. The zero-order chi connectivity index (χ0) is 15.0. The van der Waals surface area contributed by atoms with E-state index < -0.39 is 8.07 Å². The van der Waals surface area contributed by atoms with Gasteiger partial charge in [0.05, 0.1) is 8.07 Å². The van der Waals surface area contributed by atoms with E-state index in [9.17, 15) is 4.79 Å². The van der Waals surface area contributed by atoms with Gasteiger partial charge in [-0.05, 0) is 22.3 Å². The maximum atomic E-state index is 11.0. The highest BCUT2D eigenvalue weighted by Gasteiger charge is 2.42. The lowest BCUT2D eigenvalue weighted by Crippen LogP contribution is -2.44. The van der Waals surface area contributed by atoms with Crippen LogP contribution in [0.4, 0.5) is 0 Å². The maximum absolute atomic E-state index is 11.0. The third-order valence-corrected chi connectivity index (χ3v) is 6.42. The van der Waals surface area contributed by atoms with Gasteiger partial charge in [0.2, 0.25) is 0 Å². The monoisotopic (exact) mass is 296 g/mol. The lowest BCUT2D eigenvalue weighted by molar-refractivity contribution is -0.131. The normalized spacial score (nSPS) is 15.2. The molecule has 3 heteroatoms. The van der Waals surface area contributed by atoms with Crippen molar-refractivity contribution in [1.29, 1.82) is 0 Å². The first kappa shape index (κ1) is 14.1. The summed E-state index contributed by atoms with van der Waals surface area (Å²) >= 11 is 0. The average molecular weight is 296 g/mol. The van der Waals surface area contributed by atoms with Crippen molar-refractivity contribution >= 4 is 14.5 Å². The van der Waals surface area contributed by atoms with Gasteiger partial charge in [0.15, 0.2) is 0 Å². The molecule has 0 saturated heterocycles. The standard InChI is InChI=1S/C18H20O2Si/c1-21(2,3)18(20-12-19)17-15-10-6-4-8-13(15)14-9-5-7-11-16(14)17/h4-12,17-18H,1-3H3. The van der Waals surface area contributed by atoms with E-state index in [1.165, 1.54) is 22.3 Å². The fourth-order valence-electron chi connectivity index (χ4n) is 3.36. The summed E-state index contributed by atoms with van der Waals surface area (Å²) in [4.78, 5) is 11.0. The molecule has 0 saturated carbocycles. The number of carbonyl (C=O) groups excluding carboxylic acids is 1. The zero-order valence-corrected chi connectivity index (χ0v) is 13.7. The molecule has 1 atom stereocenters. The summed E-state index contributed by atoms with van der Waals surface area (Å²) in [6.45, 7) is 7.38. The number of hydrogen-bond acceptors (Lipinski definition) is 2. The van der Waals surface area contributed by atoms with Crippen molar-refractivity contribution in [3.8, 4) is 11.1 Å². The van der Waals surface area contributed by atoms with Crippen LogP contribution >= 0.6 is 0 Å². The molecule has 0 aliphatic heterocycles. The largest absolute Gasteiger partial charge is 0.467 e. The minimum absolute atomic E-state index is 0.0419. The fraction of sp³-hybridized carbons (Fsp3) is 0.278. The first-order valence-electron chi connectivity index (χ1n) is 7.31. The Morgan fingerprint density at radius 3 is 1.86 bits per heavy atom. The summed E-state index contributed by atoms with van der Waals surface area (Å²) in [5.74, 6) is 0.161. The maximum Gasteiger partial charge on any atom is 0.293 e. The summed E-state index contributed by atoms with van der Waals surface area (Å²) in [5.41, 5.74) is 5.08. The van der Waals surface area contributed by atoms with Crippen molar-refractivity contribution in [2.45, 2.75) is 31.3 Å². The molecule has 0 aromatic heterocycles. The van der Waals surface area contributed by atoms with Crippen molar-refractivity contribution in [1.82, 2.24) is 0 Å². The second-order valence-electron chi connectivity index (χ2n) is 6.67. The van der Waals surface area contributed by atoms with Gasteiger partial charge < -0.3 is 4.74 Å². The Hall–Kier alpha value is -1.87. The molecule has 0 radical (unpaired) electrons. The molecule has 108 valence electrons. The van der Waals surface area contributed by atoms with Crippen LogP contribution in [0.3, 0.4) is 0 Å². The van der Waals surface area contributed by atoms with Gasteiger partial charge >= 0.3 is 0 Å². The Balaban J connectivity index is 2.20. The van der Waals surface area contributed by atoms with Crippen LogP contribution in [0.15, 0.2) is 48.5 Å². The Bertz CT molecular complexity index is 627. The first-order chi connectivity index (χ1) is 10.0. The number of rotatable bonds is 4. The van der Waals surface area contributed by atoms with Gasteiger partial charge in [0.1, 0.15) is 5.73 Å². The molecule has 0 N–H and O–H groups in total. The summed E-state index contributed by atoms with van der Waals surface area (Å²) in [5, 5.41) is 0. The van der Waals surface area contributed by atoms with Crippen molar-refractivity contribution in [3.05, 3.63) is 59.7 Å². The van der Waals surface area contributed by atoms with Crippen LogP contribution in [0.25, 0.3) is 11.1 Å². The summed E-state index contributed by atoms with van der Waals surface area (Å²) in [6, 6.07) is 16.9. The highest BCUT2D eigenvalue weighted by Crippen LogP contribution is 2.48. The van der Waals surface area contributed by atoms with E-state index in [1.54, 1.807) is 0 Å². The van der Waals surface area contributed by atoms with E-state index in [2.05, 4.69) is 68.2 Å². The van der Waals surface area contributed by atoms with Gasteiger partial charge in [0, 0.05) is 5.92 Å². The minimum Gasteiger partial charge on any atom is -0.467 e. The zero-order valence-electron chi connectivity index (χ0n) is 12.7. The predicted octanol–water partition coefficient (Wildman–Crippen LogP) is 4.22. The van der Waals surface area contributed by atoms with Crippen LogP contribution in [0.2, 0.25) is 19.6 Å². The van der Waals surface area contributed by atoms with E-state index in [0.29, 0.717) is 6.47 Å². The molecule has 1 aliphatic rings. The van der Waals surface area contributed by atoms with Crippen LogP contribution < -0.4 is 0 Å². The van der Waals surface area contributed by atoms with Crippen LogP contribution in [0.1, 0.15) is 17.0 Å². The predicted molar refractivity (Wildman–Crippen MR) is 88.0 cm³/mol. The van der Waals surface area contributed by atoms with Crippen LogP contribution in [-0.4, -0.2) is 20.3 Å². The molecule has 3 rings (SSSR count). The molecule has 1 aliphatic carbocycles. The summed E-state index contributed by atoms with van der Waals surface area (Å²) in [6.07, 6.45) is 0. The van der Waals surface area contributed by atoms with Crippen LogP contribution in [0.5, 0.6) is 0 Å². The molecular weight excluding hydrogens is 276 g/mol. The molecule has 0 fully saturated rings. The Labute approximate surface area is 126 Å². The van der Waals surface area contributed by atoms with Crippen molar-refractivity contribution in [3.63, 3.8) is 0 Å². The van der Waals surface area contributed by atoms with E-state index in [1.807, 2.05) is 0 Å². The third-order valence-electron chi connectivity index (χ3n) is 4.24. The molecule has 0 heterocycles. The van der Waals surface area contributed by atoms with Gasteiger partial charge in [-0.25, -0.2) is 0 Å². The van der Waals surface area contributed by atoms with E-state index in [-0.39, 0.29) is 11.6 Å². The van der Waals surface area contributed by atoms with Crippen molar-refractivity contribution in [2.75, 3.05) is 0 Å². The second-order valence-corrected chi connectivity index (χ2v) is 12.0. The topological polar surface area (TPSA) is 26.3 Å². The van der Waals surface area contributed by atoms with E-state index in [4.69, 9.17) is 4.74 Å². The number of carbonyl (C=O) groups is 1. The first-order valence-corrected chi connectivity index (χ1v) is 10.9. The Morgan fingerprint density at radius 2 is 1.43 bits per heavy atom. The van der Waals surface area contributed by atoms with Crippen molar-refractivity contribution < 1.29 is 9.53 Å².